The van der Waals surface area contributed by atoms with Crippen LogP contribution in [0.25, 0.3) is 0 Å². The van der Waals surface area contributed by atoms with Gasteiger partial charge in [0.15, 0.2) is 0 Å². The van der Waals surface area contributed by atoms with E-state index in [1.165, 1.54) is 0 Å². The van der Waals surface area contributed by atoms with E-state index >= 15 is 0 Å². The van der Waals surface area contributed by atoms with Crippen LogP contribution in [-0.4, -0.2) is 44.2 Å². The predicted molar refractivity (Wildman–Crippen MR) is 82.6 cm³/mol. The van der Waals surface area contributed by atoms with Gasteiger partial charge in [-0.15, -0.1) is 0 Å². The van der Waals surface area contributed by atoms with Crippen molar-refractivity contribution in [3.8, 4) is 5.75 Å². The topological polar surface area (TPSA) is 41.6 Å². The fourth-order valence-electron chi connectivity index (χ4n) is 3.46. The molecule has 1 amide bonds. The van der Waals surface area contributed by atoms with Crippen LogP contribution in [-0.2, 0) is 10.3 Å². The number of carbonyl (C=O) groups excluding carboxylic acids is 1. The van der Waals surface area contributed by atoms with E-state index in [0.717, 1.165) is 18.4 Å². The highest BCUT2D eigenvalue weighted by Crippen LogP contribution is 2.47. The minimum Gasteiger partial charge on any atom is -0.497 e. The summed E-state index contributed by atoms with van der Waals surface area (Å²) in [6.45, 7) is -0.00204. The molecule has 1 saturated heterocycles. The summed E-state index contributed by atoms with van der Waals surface area (Å²) < 4.78 is 44.8. The number of halogens is 3. The molecule has 0 unspecified atom stereocenters. The van der Waals surface area contributed by atoms with Gasteiger partial charge in [-0.25, -0.2) is 0 Å². The summed E-state index contributed by atoms with van der Waals surface area (Å²) in [5.74, 6) is -2.51. The molecule has 1 N–H and O–H groups in total. The number of rotatable bonds is 4. The van der Waals surface area contributed by atoms with Crippen LogP contribution < -0.4 is 10.1 Å². The van der Waals surface area contributed by atoms with Gasteiger partial charge >= 0.3 is 6.18 Å². The normalized spacial score (nSPS) is 26.2. The average Bonchev–Trinajstić information content (AvgIpc) is 3.19. The molecule has 24 heavy (non-hydrogen) atoms. The number of amides is 1. The van der Waals surface area contributed by atoms with Crippen molar-refractivity contribution in [2.24, 2.45) is 11.8 Å². The Labute approximate surface area is 139 Å². The Morgan fingerprint density at radius 1 is 1.33 bits per heavy atom. The molecule has 2 aliphatic rings. The minimum absolute atomic E-state index is 0.129. The first kappa shape index (κ1) is 17.1. The van der Waals surface area contributed by atoms with Crippen LogP contribution in [0.15, 0.2) is 24.3 Å². The Kier molecular flexibility index (Phi) is 4.23. The summed E-state index contributed by atoms with van der Waals surface area (Å²) in [5.41, 5.74) is 0.327. The van der Waals surface area contributed by atoms with Gasteiger partial charge in [0.05, 0.1) is 24.5 Å². The van der Waals surface area contributed by atoms with Crippen molar-refractivity contribution in [2.75, 3.05) is 27.2 Å². The molecule has 1 saturated carbocycles. The fraction of sp³-hybridized carbons (Fsp3) is 0.588. The predicted octanol–water partition coefficient (Wildman–Crippen LogP) is 2.54. The van der Waals surface area contributed by atoms with Crippen molar-refractivity contribution in [1.82, 2.24) is 10.2 Å². The van der Waals surface area contributed by atoms with Gasteiger partial charge in [-0.3, -0.25) is 4.79 Å². The summed E-state index contributed by atoms with van der Waals surface area (Å²) in [6.07, 6.45) is -2.91. The van der Waals surface area contributed by atoms with Crippen LogP contribution in [0, 0.1) is 11.8 Å². The number of nitrogens with one attached hydrogen (secondary N) is 1. The molecule has 3 rings (SSSR count). The van der Waals surface area contributed by atoms with Gasteiger partial charge in [-0.1, -0.05) is 12.1 Å². The molecule has 0 radical (unpaired) electrons. The molecule has 132 valence electrons. The van der Waals surface area contributed by atoms with E-state index in [2.05, 4.69) is 5.32 Å². The van der Waals surface area contributed by atoms with Crippen LogP contribution in [0.1, 0.15) is 18.4 Å². The van der Waals surface area contributed by atoms with Crippen LogP contribution in [0.4, 0.5) is 13.2 Å². The molecule has 0 bridgehead atoms. The number of nitrogens with zero attached hydrogens (tertiary/aromatic N) is 1. The standard InChI is InChI=1S/C17H21F3N2O2/c1-22-9-13(14(10-22)17(18,19)20)15(23)21-16(6-7-16)11-4-3-5-12(8-11)24-2/h3-5,8,13-14H,6-7,9-10H2,1-2H3,(H,21,23)/t13-,14-/m1/s1. The molecule has 7 heteroatoms. The largest absolute Gasteiger partial charge is 0.497 e. The third-order valence-electron chi connectivity index (χ3n) is 4.99. The minimum atomic E-state index is -4.36. The van der Waals surface area contributed by atoms with Crippen molar-refractivity contribution >= 4 is 5.91 Å². The first-order chi connectivity index (χ1) is 11.2. The van der Waals surface area contributed by atoms with Crippen LogP contribution in [0.2, 0.25) is 0 Å². The van der Waals surface area contributed by atoms with E-state index in [-0.39, 0.29) is 13.1 Å². The molecule has 4 nitrogen and oxygen atoms in total. The Morgan fingerprint density at radius 3 is 2.62 bits per heavy atom. The lowest BCUT2D eigenvalue weighted by Gasteiger charge is -2.25. The van der Waals surface area contributed by atoms with E-state index < -0.39 is 29.5 Å². The first-order valence-electron chi connectivity index (χ1n) is 7.97. The zero-order chi connectivity index (χ0) is 17.5. The van der Waals surface area contributed by atoms with Crippen molar-refractivity contribution in [3.63, 3.8) is 0 Å². The SMILES string of the molecule is COc1cccc(C2(NC(=O)[C@@H]3CN(C)C[C@H]3C(F)(F)F)CC2)c1. The summed E-state index contributed by atoms with van der Waals surface area (Å²) >= 11 is 0. The van der Waals surface area contributed by atoms with E-state index in [1.54, 1.807) is 25.1 Å². The van der Waals surface area contributed by atoms with Gasteiger partial charge in [0.1, 0.15) is 5.75 Å². The molecular formula is C17H21F3N2O2. The maximum atomic E-state index is 13.2. The highest BCUT2D eigenvalue weighted by atomic mass is 19.4. The third kappa shape index (κ3) is 3.22. The van der Waals surface area contributed by atoms with Gasteiger partial charge in [-0.2, -0.15) is 13.2 Å². The molecule has 2 atom stereocenters. The second kappa shape index (κ2) is 5.95. The molecule has 2 fully saturated rings. The molecule has 0 spiro atoms. The maximum Gasteiger partial charge on any atom is 0.393 e. The highest BCUT2D eigenvalue weighted by Gasteiger charge is 2.54. The molecule has 1 aromatic rings. The van der Waals surface area contributed by atoms with E-state index in [1.807, 2.05) is 18.2 Å². The van der Waals surface area contributed by atoms with E-state index in [9.17, 15) is 18.0 Å². The van der Waals surface area contributed by atoms with Gasteiger partial charge in [0, 0.05) is 13.1 Å². The Bertz CT molecular complexity index is 629. The molecule has 1 aliphatic heterocycles. The Morgan fingerprint density at radius 2 is 2.04 bits per heavy atom. The number of benzene rings is 1. The number of likely N-dealkylation sites (tertiary alicyclic amines) is 1. The number of methoxy groups -OCH3 is 1. The Hall–Kier alpha value is -1.76. The van der Waals surface area contributed by atoms with Gasteiger partial charge in [0.2, 0.25) is 5.91 Å². The van der Waals surface area contributed by atoms with Crippen LogP contribution >= 0.6 is 0 Å². The van der Waals surface area contributed by atoms with Crippen molar-refractivity contribution in [3.05, 3.63) is 29.8 Å². The van der Waals surface area contributed by atoms with Gasteiger partial charge in [0.25, 0.3) is 0 Å². The van der Waals surface area contributed by atoms with Crippen LogP contribution in [0.5, 0.6) is 5.75 Å². The quantitative estimate of drug-likeness (QED) is 0.914. The van der Waals surface area contributed by atoms with Crippen molar-refractivity contribution < 1.29 is 22.7 Å². The third-order valence-corrected chi connectivity index (χ3v) is 4.99. The van der Waals surface area contributed by atoms with Crippen LogP contribution in [0.3, 0.4) is 0 Å². The summed E-state index contributed by atoms with van der Waals surface area (Å²) in [7, 11) is 3.17. The first-order valence-corrected chi connectivity index (χ1v) is 7.97. The smallest absolute Gasteiger partial charge is 0.393 e. The molecule has 0 aromatic heterocycles. The molecule has 1 aliphatic carbocycles. The summed E-state index contributed by atoms with van der Waals surface area (Å²) in [4.78, 5) is 14.1. The number of alkyl halides is 3. The summed E-state index contributed by atoms with van der Waals surface area (Å²) in [5, 5.41) is 2.88. The second-order valence-electron chi connectivity index (χ2n) is 6.78. The van der Waals surface area contributed by atoms with E-state index in [4.69, 9.17) is 4.74 Å². The number of ether oxygens (including phenoxy) is 1. The number of hydrogen-bond acceptors (Lipinski definition) is 3. The monoisotopic (exact) mass is 342 g/mol. The zero-order valence-corrected chi connectivity index (χ0v) is 13.7. The summed E-state index contributed by atoms with van der Waals surface area (Å²) in [6, 6.07) is 7.32. The maximum absolute atomic E-state index is 13.2. The number of hydrogen-bond donors (Lipinski definition) is 1. The average molecular weight is 342 g/mol. The lowest BCUT2D eigenvalue weighted by atomic mass is 9.93. The molecular weight excluding hydrogens is 321 g/mol. The van der Waals surface area contributed by atoms with Gasteiger partial charge < -0.3 is 15.0 Å². The van der Waals surface area contributed by atoms with Crippen molar-refractivity contribution in [2.45, 2.75) is 24.6 Å². The molecule has 1 heterocycles. The lowest BCUT2D eigenvalue weighted by Crippen LogP contribution is -2.44. The van der Waals surface area contributed by atoms with Gasteiger partial charge in [-0.05, 0) is 37.6 Å². The lowest BCUT2D eigenvalue weighted by molar-refractivity contribution is -0.183. The van der Waals surface area contributed by atoms with Crippen molar-refractivity contribution in [1.29, 1.82) is 0 Å². The molecule has 1 aromatic carbocycles. The second-order valence-corrected chi connectivity index (χ2v) is 6.78. The highest BCUT2D eigenvalue weighted by molar-refractivity contribution is 5.81. The Balaban J connectivity index is 1.76. The zero-order valence-electron chi connectivity index (χ0n) is 13.7. The van der Waals surface area contributed by atoms with E-state index in [0.29, 0.717) is 5.75 Å². The number of carbonyl (C=O) groups is 1. The fourth-order valence-corrected chi connectivity index (χ4v) is 3.46.